The number of amides is 1. The first-order chi connectivity index (χ1) is 9.72. The van der Waals surface area contributed by atoms with Crippen molar-refractivity contribution >= 4 is 5.91 Å². The van der Waals surface area contributed by atoms with E-state index in [0.29, 0.717) is 32.9 Å². The first kappa shape index (κ1) is 14.9. The van der Waals surface area contributed by atoms with Gasteiger partial charge < -0.3 is 14.4 Å². The minimum Gasteiger partial charge on any atom is -0.382 e. The van der Waals surface area contributed by atoms with Crippen LogP contribution in [0.3, 0.4) is 0 Å². The van der Waals surface area contributed by atoms with Gasteiger partial charge in [-0.15, -0.1) is 0 Å². The number of carbonyl (C=O) groups excluding carboxylic acids is 1. The second-order valence-corrected chi connectivity index (χ2v) is 4.53. The maximum atomic E-state index is 12.9. The summed E-state index contributed by atoms with van der Waals surface area (Å²) in [6.07, 6.45) is -0.214. The topological polar surface area (TPSA) is 50.8 Å². The Labute approximate surface area is 117 Å². The molecule has 6 heteroatoms. The Morgan fingerprint density at radius 3 is 2.75 bits per heavy atom. The van der Waals surface area contributed by atoms with Crippen LogP contribution in [0.2, 0.25) is 0 Å². The number of nitrogens with one attached hydrogen (secondary N) is 1. The number of halogens is 1. The summed E-state index contributed by atoms with van der Waals surface area (Å²) in [7, 11) is 1.61. The Bertz CT molecular complexity index is 439. The van der Waals surface area contributed by atoms with Crippen LogP contribution in [0.1, 0.15) is 11.7 Å². The SMILES string of the molecule is COCCOCCN1C(=O)CNC1c1ccc(F)cc1. The van der Waals surface area contributed by atoms with Gasteiger partial charge in [0.05, 0.1) is 26.4 Å². The molecule has 1 atom stereocenters. The van der Waals surface area contributed by atoms with Crippen molar-refractivity contribution in [3.63, 3.8) is 0 Å². The molecule has 1 aliphatic rings. The van der Waals surface area contributed by atoms with Crippen molar-refractivity contribution in [2.24, 2.45) is 0 Å². The summed E-state index contributed by atoms with van der Waals surface area (Å²) in [5.74, 6) is -0.262. The van der Waals surface area contributed by atoms with Crippen LogP contribution in [-0.2, 0) is 14.3 Å². The summed E-state index contributed by atoms with van der Waals surface area (Å²) in [6.45, 7) is 2.28. The van der Waals surface area contributed by atoms with Crippen LogP contribution in [0, 0.1) is 5.82 Å². The van der Waals surface area contributed by atoms with Crippen LogP contribution in [0.5, 0.6) is 0 Å². The standard InChI is InChI=1S/C14H19FN2O3/c1-19-8-9-20-7-6-17-13(18)10-16-14(17)11-2-4-12(15)5-3-11/h2-5,14,16H,6-10H2,1H3. The van der Waals surface area contributed by atoms with Crippen molar-refractivity contribution in [1.29, 1.82) is 0 Å². The van der Waals surface area contributed by atoms with E-state index in [-0.39, 0.29) is 17.9 Å². The van der Waals surface area contributed by atoms with E-state index in [4.69, 9.17) is 9.47 Å². The fourth-order valence-corrected chi connectivity index (χ4v) is 2.14. The number of hydrogen-bond donors (Lipinski definition) is 1. The monoisotopic (exact) mass is 282 g/mol. The highest BCUT2D eigenvalue weighted by atomic mass is 19.1. The van der Waals surface area contributed by atoms with Gasteiger partial charge in [-0.3, -0.25) is 10.1 Å². The van der Waals surface area contributed by atoms with Gasteiger partial charge >= 0.3 is 0 Å². The lowest BCUT2D eigenvalue weighted by Crippen LogP contribution is -2.33. The van der Waals surface area contributed by atoms with E-state index in [2.05, 4.69) is 5.32 Å². The van der Waals surface area contributed by atoms with Crippen molar-refractivity contribution in [3.8, 4) is 0 Å². The van der Waals surface area contributed by atoms with Crippen LogP contribution in [-0.4, -0.2) is 50.8 Å². The normalized spacial score (nSPS) is 18.8. The summed E-state index contributed by atoms with van der Waals surface area (Å²) in [6, 6.07) is 6.16. The Hall–Kier alpha value is -1.50. The average Bonchev–Trinajstić information content (AvgIpc) is 2.81. The molecule has 1 aromatic carbocycles. The van der Waals surface area contributed by atoms with E-state index in [0.717, 1.165) is 5.56 Å². The quantitative estimate of drug-likeness (QED) is 0.756. The van der Waals surface area contributed by atoms with Gasteiger partial charge in [0.1, 0.15) is 12.0 Å². The second kappa shape index (κ2) is 7.33. The van der Waals surface area contributed by atoms with Gasteiger partial charge in [0.2, 0.25) is 5.91 Å². The molecule has 0 saturated carbocycles. The zero-order valence-corrected chi connectivity index (χ0v) is 11.5. The number of benzene rings is 1. The number of rotatable bonds is 7. The van der Waals surface area contributed by atoms with Crippen LogP contribution in [0.4, 0.5) is 4.39 Å². The third-order valence-electron chi connectivity index (χ3n) is 3.17. The highest BCUT2D eigenvalue weighted by molar-refractivity contribution is 5.80. The molecule has 1 aromatic rings. The lowest BCUT2D eigenvalue weighted by molar-refractivity contribution is -0.128. The van der Waals surface area contributed by atoms with Gasteiger partial charge in [0, 0.05) is 13.7 Å². The molecule has 1 unspecified atom stereocenters. The van der Waals surface area contributed by atoms with Crippen molar-refractivity contribution in [2.45, 2.75) is 6.17 Å². The van der Waals surface area contributed by atoms with E-state index in [1.165, 1.54) is 12.1 Å². The number of hydrogen-bond acceptors (Lipinski definition) is 4. The summed E-state index contributed by atoms with van der Waals surface area (Å²) in [5.41, 5.74) is 0.870. The summed E-state index contributed by atoms with van der Waals surface area (Å²) in [4.78, 5) is 13.6. The molecule has 1 amide bonds. The average molecular weight is 282 g/mol. The molecule has 0 aromatic heterocycles. The molecular formula is C14H19FN2O3. The van der Waals surface area contributed by atoms with Crippen LogP contribution in [0.25, 0.3) is 0 Å². The predicted octanol–water partition coefficient (Wildman–Crippen LogP) is 0.919. The van der Waals surface area contributed by atoms with Crippen molar-refractivity contribution in [3.05, 3.63) is 35.6 Å². The highest BCUT2D eigenvalue weighted by Gasteiger charge is 2.30. The Morgan fingerprint density at radius 1 is 1.30 bits per heavy atom. The van der Waals surface area contributed by atoms with Gasteiger partial charge in [-0.25, -0.2) is 4.39 Å². The maximum Gasteiger partial charge on any atom is 0.238 e. The Balaban J connectivity index is 1.91. The minimum absolute atomic E-state index is 0.0228. The zero-order valence-electron chi connectivity index (χ0n) is 11.5. The van der Waals surface area contributed by atoms with Crippen molar-refractivity contribution < 1.29 is 18.7 Å². The Morgan fingerprint density at radius 2 is 2.05 bits per heavy atom. The van der Waals surface area contributed by atoms with E-state index >= 15 is 0 Å². The first-order valence-corrected chi connectivity index (χ1v) is 6.57. The zero-order chi connectivity index (χ0) is 14.4. The van der Waals surface area contributed by atoms with Crippen molar-refractivity contribution in [2.75, 3.05) is 40.0 Å². The largest absolute Gasteiger partial charge is 0.382 e. The van der Waals surface area contributed by atoms with Crippen LogP contribution in [0.15, 0.2) is 24.3 Å². The summed E-state index contributed by atoms with van der Waals surface area (Å²) < 4.78 is 23.2. The molecule has 1 fully saturated rings. The molecule has 1 heterocycles. The van der Waals surface area contributed by atoms with Gasteiger partial charge in [-0.05, 0) is 17.7 Å². The summed E-state index contributed by atoms with van der Waals surface area (Å²) in [5, 5.41) is 3.12. The Kier molecular flexibility index (Phi) is 5.46. The molecule has 0 spiro atoms. The second-order valence-electron chi connectivity index (χ2n) is 4.53. The molecule has 1 saturated heterocycles. The first-order valence-electron chi connectivity index (χ1n) is 6.57. The molecule has 0 aliphatic carbocycles. The third kappa shape index (κ3) is 3.75. The van der Waals surface area contributed by atoms with Crippen molar-refractivity contribution in [1.82, 2.24) is 10.2 Å². The molecular weight excluding hydrogens is 263 g/mol. The molecule has 5 nitrogen and oxygen atoms in total. The lowest BCUT2D eigenvalue weighted by atomic mass is 10.1. The lowest BCUT2D eigenvalue weighted by Gasteiger charge is -2.24. The number of nitrogens with zero attached hydrogens (tertiary/aromatic N) is 1. The molecule has 2 rings (SSSR count). The fraction of sp³-hybridized carbons (Fsp3) is 0.500. The van der Waals surface area contributed by atoms with Crippen LogP contribution < -0.4 is 5.32 Å². The number of carbonyl (C=O) groups is 1. The minimum atomic E-state index is -0.285. The van der Waals surface area contributed by atoms with Crippen LogP contribution >= 0.6 is 0 Å². The fourth-order valence-electron chi connectivity index (χ4n) is 2.14. The highest BCUT2D eigenvalue weighted by Crippen LogP contribution is 2.22. The van der Waals surface area contributed by atoms with Gasteiger partial charge in [-0.1, -0.05) is 12.1 Å². The van der Waals surface area contributed by atoms with Gasteiger partial charge in [0.25, 0.3) is 0 Å². The van der Waals surface area contributed by atoms with E-state index in [9.17, 15) is 9.18 Å². The third-order valence-corrected chi connectivity index (χ3v) is 3.17. The van der Waals surface area contributed by atoms with Gasteiger partial charge in [-0.2, -0.15) is 0 Å². The van der Waals surface area contributed by atoms with E-state index in [1.54, 1.807) is 24.1 Å². The molecule has 1 aliphatic heterocycles. The molecule has 0 bridgehead atoms. The molecule has 20 heavy (non-hydrogen) atoms. The van der Waals surface area contributed by atoms with E-state index in [1.807, 2.05) is 0 Å². The van der Waals surface area contributed by atoms with Gasteiger partial charge in [0.15, 0.2) is 0 Å². The molecule has 0 radical (unpaired) electrons. The smallest absolute Gasteiger partial charge is 0.238 e. The molecule has 110 valence electrons. The van der Waals surface area contributed by atoms with E-state index < -0.39 is 0 Å². The summed E-state index contributed by atoms with van der Waals surface area (Å²) >= 11 is 0. The molecule has 1 N–H and O–H groups in total. The number of ether oxygens (including phenoxy) is 2. The predicted molar refractivity (Wildman–Crippen MR) is 71.6 cm³/mol. The maximum absolute atomic E-state index is 12.9. The number of methoxy groups -OCH3 is 1.